The molecular formula is C13H13FN2O2S. The predicted molar refractivity (Wildman–Crippen MR) is 73.5 cm³/mol. The minimum absolute atomic E-state index is 0.0575. The third-order valence-electron chi connectivity index (χ3n) is 2.48. The van der Waals surface area contributed by atoms with Crippen LogP contribution in [0.25, 0.3) is 0 Å². The number of benzene rings is 2. The van der Waals surface area contributed by atoms with Crippen molar-refractivity contribution in [3.8, 4) is 0 Å². The number of nitrogens with one attached hydrogen (secondary N) is 1. The van der Waals surface area contributed by atoms with E-state index in [0.717, 1.165) is 0 Å². The van der Waals surface area contributed by atoms with Crippen molar-refractivity contribution in [1.29, 1.82) is 0 Å². The van der Waals surface area contributed by atoms with E-state index in [1.807, 2.05) is 0 Å². The molecule has 0 bridgehead atoms. The first kappa shape index (κ1) is 13.4. The molecule has 0 saturated heterocycles. The second kappa shape index (κ2) is 5.27. The zero-order valence-corrected chi connectivity index (χ0v) is 10.8. The lowest BCUT2D eigenvalue weighted by atomic mass is 10.2. The highest BCUT2D eigenvalue weighted by molar-refractivity contribution is 7.91. The molecule has 4 nitrogen and oxygen atoms in total. The molecule has 2 rings (SSSR count). The van der Waals surface area contributed by atoms with Gasteiger partial charge in [-0.05, 0) is 29.8 Å². The average molecular weight is 280 g/mol. The Hall–Kier alpha value is -2.08. The molecule has 0 aliphatic rings. The van der Waals surface area contributed by atoms with Gasteiger partial charge in [0.2, 0.25) is 10.0 Å². The van der Waals surface area contributed by atoms with Crippen LogP contribution in [0.2, 0.25) is 0 Å². The van der Waals surface area contributed by atoms with Gasteiger partial charge in [0.1, 0.15) is 5.82 Å². The standard InChI is InChI=1S/C13H13FN2O2S/c14-12-3-1-2-4-13(12)16-19(17,18)9-10-5-7-11(15)8-6-10/h1-8,16H,9,15H2. The molecule has 0 aromatic heterocycles. The van der Waals surface area contributed by atoms with E-state index in [0.29, 0.717) is 11.3 Å². The molecule has 0 saturated carbocycles. The number of para-hydroxylation sites is 1. The SMILES string of the molecule is Nc1ccc(CS(=O)(=O)Nc2ccccc2F)cc1. The van der Waals surface area contributed by atoms with Gasteiger partial charge in [0.05, 0.1) is 11.4 Å². The normalized spacial score (nSPS) is 11.2. The van der Waals surface area contributed by atoms with Crippen LogP contribution in [0.4, 0.5) is 15.8 Å². The van der Waals surface area contributed by atoms with Crippen LogP contribution in [0.5, 0.6) is 0 Å². The van der Waals surface area contributed by atoms with Crippen LogP contribution >= 0.6 is 0 Å². The van der Waals surface area contributed by atoms with Crippen molar-refractivity contribution in [2.45, 2.75) is 5.75 Å². The van der Waals surface area contributed by atoms with Crippen molar-refractivity contribution >= 4 is 21.4 Å². The van der Waals surface area contributed by atoms with E-state index in [4.69, 9.17) is 5.73 Å². The summed E-state index contributed by atoms with van der Waals surface area (Å²) in [7, 11) is -3.65. The van der Waals surface area contributed by atoms with Crippen molar-refractivity contribution < 1.29 is 12.8 Å². The summed E-state index contributed by atoms with van der Waals surface area (Å²) in [6, 6.07) is 12.1. The van der Waals surface area contributed by atoms with E-state index in [2.05, 4.69) is 4.72 Å². The largest absolute Gasteiger partial charge is 0.399 e. The van der Waals surface area contributed by atoms with Crippen molar-refractivity contribution in [3.63, 3.8) is 0 Å². The van der Waals surface area contributed by atoms with E-state index in [1.165, 1.54) is 18.2 Å². The number of sulfonamides is 1. The lowest BCUT2D eigenvalue weighted by Gasteiger charge is -2.09. The minimum Gasteiger partial charge on any atom is -0.399 e. The summed E-state index contributed by atoms with van der Waals surface area (Å²) in [5.41, 5.74) is 6.60. The number of hydrogen-bond donors (Lipinski definition) is 2. The summed E-state index contributed by atoms with van der Waals surface area (Å²) in [4.78, 5) is 0. The van der Waals surface area contributed by atoms with Gasteiger partial charge in [-0.25, -0.2) is 12.8 Å². The Kier molecular flexibility index (Phi) is 3.71. The average Bonchev–Trinajstić information content (AvgIpc) is 2.35. The van der Waals surface area contributed by atoms with E-state index < -0.39 is 15.8 Å². The van der Waals surface area contributed by atoms with Gasteiger partial charge in [-0.1, -0.05) is 24.3 Å². The Morgan fingerprint density at radius 3 is 2.32 bits per heavy atom. The Bertz CT molecular complexity index is 669. The smallest absolute Gasteiger partial charge is 0.237 e. The van der Waals surface area contributed by atoms with Crippen LogP contribution in [-0.2, 0) is 15.8 Å². The fourth-order valence-corrected chi connectivity index (χ4v) is 2.78. The molecule has 6 heteroatoms. The summed E-state index contributed by atoms with van der Waals surface area (Å²) >= 11 is 0. The first-order valence-electron chi connectivity index (χ1n) is 5.56. The van der Waals surface area contributed by atoms with Crippen molar-refractivity contribution in [2.24, 2.45) is 0 Å². The zero-order valence-electron chi connectivity index (χ0n) is 10.0. The predicted octanol–water partition coefficient (Wildman–Crippen LogP) is 2.35. The zero-order chi connectivity index (χ0) is 13.9. The molecule has 0 aliphatic carbocycles. The molecule has 2 aromatic rings. The Morgan fingerprint density at radius 1 is 1.05 bits per heavy atom. The Balaban J connectivity index is 2.15. The summed E-state index contributed by atoms with van der Waals surface area (Å²) in [5, 5.41) is 0. The van der Waals surface area contributed by atoms with E-state index in [-0.39, 0.29) is 11.4 Å². The molecule has 100 valence electrons. The Labute approximate surface area is 111 Å². The van der Waals surface area contributed by atoms with Gasteiger partial charge in [-0.3, -0.25) is 4.72 Å². The third-order valence-corrected chi connectivity index (χ3v) is 3.72. The molecule has 2 aromatic carbocycles. The molecule has 0 unspecified atom stereocenters. The highest BCUT2D eigenvalue weighted by Gasteiger charge is 2.13. The summed E-state index contributed by atoms with van der Waals surface area (Å²) in [6.45, 7) is 0. The van der Waals surface area contributed by atoms with E-state index in [9.17, 15) is 12.8 Å². The van der Waals surface area contributed by atoms with Crippen LogP contribution in [0.3, 0.4) is 0 Å². The van der Waals surface area contributed by atoms with Gasteiger partial charge in [0.15, 0.2) is 0 Å². The van der Waals surface area contributed by atoms with Gasteiger partial charge < -0.3 is 5.73 Å². The molecular weight excluding hydrogens is 267 g/mol. The summed E-state index contributed by atoms with van der Waals surface area (Å²) in [6.07, 6.45) is 0. The lowest BCUT2D eigenvalue weighted by molar-refractivity contribution is 0.598. The van der Waals surface area contributed by atoms with E-state index >= 15 is 0 Å². The van der Waals surface area contributed by atoms with Crippen molar-refractivity contribution in [2.75, 3.05) is 10.5 Å². The van der Waals surface area contributed by atoms with Crippen molar-refractivity contribution in [1.82, 2.24) is 0 Å². The number of anilines is 2. The summed E-state index contributed by atoms with van der Waals surface area (Å²) in [5.74, 6) is -0.842. The molecule has 0 aliphatic heterocycles. The molecule has 0 radical (unpaired) electrons. The molecule has 0 fully saturated rings. The minimum atomic E-state index is -3.65. The number of nitrogens with two attached hydrogens (primary N) is 1. The number of hydrogen-bond acceptors (Lipinski definition) is 3. The first-order valence-corrected chi connectivity index (χ1v) is 7.21. The maximum atomic E-state index is 13.4. The maximum absolute atomic E-state index is 13.4. The monoisotopic (exact) mass is 280 g/mol. The molecule has 19 heavy (non-hydrogen) atoms. The summed E-state index contributed by atoms with van der Waals surface area (Å²) < 4.78 is 39.4. The van der Waals surface area contributed by atoms with Gasteiger partial charge in [0, 0.05) is 5.69 Å². The van der Waals surface area contributed by atoms with Crippen LogP contribution in [0.15, 0.2) is 48.5 Å². The Morgan fingerprint density at radius 2 is 1.68 bits per heavy atom. The van der Waals surface area contributed by atoms with Crippen LogP contribution in [-0.4, -0.2) is 8.42 Å². The highest BCUT2D eigenvalue weighted by atomic mass is 32.2. The molecule has 0 amide bonds. The second-order valence-electron chi connectivity index (χ2n) is 4.08. The highest BCUT2D eigenvalue weighted by Crippen LogP contribution is 2.16. The van der Waals surface area contributed by atoms with Gasteiger partial charge in [0.25, 0.3) is 0 Å². The van der Waals surface area contributed by atoms with Crippen LogP contribution in [0.1, 0.15) is 5.56 Å². The van der Waals surface area contributed by atoms with Crippen LogP contribution < -0.4 is 10.5 Å². The van der Waals surface area contributed by atoms with Gasteiger partial charge in [-0.15, -0.1) is 0 Å². The molecule has 0 atom stereocenters. The quantitative estimate of drug-likeness (QED) is 0.844. The molecule has 0 spiro atoms. The fourth-order valence-electron chi connectivity index (χ4n) is 1.58. The molecule has 0 heterocycles. The van der Waals surface area contributed by atoms with Crippen LogP contribution in [0, 0.1) is 5.82 Å². The number of rotatable bonds is 4. The number of halogens is 1. The first-order chi connectivity index (χ1) is 8.96. The lowest BCUT2D eigenvalue weighted by Crippen LogP contribution is -2.15. The van der Waals surface area contributed by atoms with Gasteiger partial charge >= 0.3 is 0 Å². The van der Waals surface area contributed by atoms with Gasteiger partial charge in [-0.2, -0.15) is 0 Å². The third kappa shape index (κ3) is 3.69. The van der Waals surface area contributed by atoms with E-state index in [1.54, 1.807) is 30.3 Å². The fraction of sp³-hybridized carbons (Fsp3) is 0.0769. The number of nitrogen functional groups attached to an aromatic ring is 1. The topological polar surface area (TPSA) is 72.2 Å². The maximum Gasteiger partial charge on any atom is 0.237 e. The van der Waals surface area contributed by atoms with Crippen molar-refractivity contribution in [3.05, 3.63) is 59.9 Å². The second-order valence-corrected chi connectivity index (χ2v) is 5.80. The molecule has 3 N–H and O–H groups in total.